The first-order valence-corrected chi connectivity index (χ1v) is 9.50. The second kappa shape index (κ2) is 6.35. The van der Waals surface area contributed by atoms with Crippen LogP contribution in [0.4, 0.5) is 0 Å². The molecule has 2 aromatic heterocycles. The average Bonchev–Trinajstić information content (AvgIpc) is 3.43. The van der Waals surface area contributed by atoms with Crippen LogP contribution >= 0.6 is 0 Å². The fraction of sp³-hybridized carbons (Fsp3) is 0.273. The Labute approximate surface area is 158 Å². The van der Waals surface area contributed by atoms with Crippen molar-refractivity contribution in [2.45, 2.75) is 31.8 Å². The van der Waals surface area contributed by atoms with Gasteiger partial charge in [0.25, 0.3) is 0 Å². The zero-order chi connectivity index (χ0) is 18.3. The van der Waals surface area contributed by atoms with Gasteiger partial charge in [0.1, 0.15) is 12.7 Å². The minimum absolute atomic E-state index is 0.0277. The lowest BCUT2D eigenvalue weighted by atomic mass is 9.88. The van der Waals surface area contributed by atoms with Crippen LogP contribution in [0.2, 0.25) is 0 Å². The summed E-state index contributed by atoms with van der Waals surface area (Å²) < 4.78 is 1.95. The van der Waals surface area contributed by atoms with Crippen molar-refractivity contribution in [2.75, 3.05) is 6.54 Å². The van der Waals surface area contributed by atoms with Crippen LogP contribution in [-0.4, -0.2) is 31.2 Å². The van der Waals surface area contributed by atoms with Gasteiger partial charge in [-0.2, -0.15) is 0 Å². The Bertz CT molecular complexity index is 1050. The molecule has 5 heteroatoms. The van der Waals surface area contributed by atoms with Crippen LogP contribution in [0.1, 0.15) is 30.9 Å². The maximum absolute atomic E-state index is 3.94. The summed E-state index contributed by atoms with van der Waals surface area (Å²) >= 11 is 0. The van der Waals surface area contributed by atoms with E-state index in [9.17, 15) is 0 Å². The average molecular weight is 357 g/mol. The first-order valence-electron chi connectivity index (χ1n) is 9.50. The number of nitrogens with zero attached hydrogens (tertiary/aromatic N) is 4. The van der Waals surface area contributed by atoms with Gasteiger partial charge in [-0.1, -0.05) is 30.3 Å². The highest BCUT2D eigenvalue weighted by atomic mass is 15.2. The van der Waals surface area contributed by atoms with Crippen molar-refractivity contribution in [3.63, 3.8) is 0 Å². The van der Waals surface area contributed by atoms with Crippen molar-refractivity contribution in [1.29, 1.82) is 0 Å². The lowest BCUT2D eigenvalue weighted by Crippen LogP contribution is -2.37. The van der Waals surface area contributed by atoms with E-state index >= 15 is 0 Å². The van der Waals surface area contributed by atoms with E-state index in [2.05, 4.69) is 81.7 Å². The van der Waals surface area contributed by atoms with Gasteiger partial charge in [0.05, 0.1) is 0 Å². The van der Waals surface area contributed by atoms with E-state index in [4.69, 9.17) is 0 Å². The topological polar surface area (TPSA) is 49.7 Å². The highest BCUT2D eigenvalue weighted by Gasteiger charge is 2.39. The summed E-state index contributed by atoms with van der Waals surface area (Å²) in [7, 11) is 0. The maximum Gasteiger partial charge on any atom is 0.123 e. The van der Waals surface area contributed by atoms with Crippen molar-refractivity contribution < 1.29 is 0 Å². The zero-order valence-corrected chi connectivity index (χ0v) is 15.5. The van der Waals surface area contributed by atoms with Crippen LogP contribution in [-0.2, 0) is 12.1 Å². The fourth-order valence-corrected chi connectivity index (χ4v) is 4.43. The monoisotopic (exact) mass is 357 g/mol. The molecule has 1 atom stereocenters. The Morgan fingerprint density at radius 3 is 2.70 bits per heavy atom. The summed E-state index contributed by atoms with van der Waals surface area (Å²) in [5.74, 6) is 0. The molecule has 0 spiro atoms. The molecule has 0 bridgehead atoms. The smallest absolute Gasteiger partial charge is 0.123 e. The second-order valence-corrected chi connectivity index (χ2v) is 7.59. The molecular weight excluding hydrogens is 334 g/mol. The molecule has 0 aliphatic carbocycles. The van der Waals surface area contributed by atoms with E-state index in [1.165, 1.54) is 34.9 Å². The summed E-state index contributed by atoms with van der Waals surface area (Å²) in [5.41, 5.74) is 5.04. The van der Waals surface area contributed by atoms with Crippen LogP contribution in [0.25, 0.3) is 16.6 Å². The molecule has 27 heavy (non-hydrogen) atoms. The van der Waals surface area contributed by atoms with Gasteiger partial charge < -0.3 is 4.98 Å². The molecule has 1 saturated heterocycles. The lowest BCUT2D eigenvalue weighted by Gasteiger charge is -2.35. The Hall–Kier alpha value is -2.92. The number of likely N-dealkylation sites (tertiary alicyclic amines) is 1. The van der Waals surface area contributed by atoms with Crippen LogP contribution in [0, 0.1) is 0 Å². The highest BCUT2D eigenvalue weighted by Crippen LogP contribution is 2.42. The minimum Gasteiger partial charge on any atom is -0.361 e. The zero-order valence-electron chi connectivity index (χ0n) is 15.5. The van der Waals surface area contributed by atoms with E-state index < -0.39 is 0 Å². The molecule has 4 aromatic rings. The molecule has 2 aromatic carbocycles. The first-order chi connectivity index (χ1) is 13.2. The third-order valence-electron chi connectivity index (χ3n) is 5.97. The largest absolute Gasteiger partial charge is 0.361 e. The Morgan fingerprint density at radius 1 is 1.07 bits per heavy atom. The third kappa shape index (κ3) is 2.75. The van der Waals surface area contributed by atoms with E-state index in [0.29, 0.717) is 0 Å². The lowest BCUT2D eigenvalue weighted by molar-refractivity contribution is 0.149. The van der Waals surface area contributed by atoms with Gasteiger partial charge in [0, 0.05) is 34.9 Å². The first kappa shape index (κ1) is 16.3. The number of aromatic nitrogens is 4. The molecule has 0 saturated carbocycles. The quantitative estimate of drug-likeness (QED) is 0.594. The molecule has 136 valence electrons. The summed E-state index contributed by atoms with van der Waals surface area (Å²) in [5, 5.41) is 9.15. The summed E-state index contributed by atoms with van der Waals surface area (Å²) in [6, 6.07) is 17.3. The van der Waals surface area contributed by atoms with E-state index in [1.807, 2.05) is 4.57 Å². The van der Waals surface area contributed by atoms with Gasteiger partial charge >= 0.3 is 0 Å². The van der Waals surface area contributed by atoms with Crippen molar-refractivity contribution in [2.24, 2.45) is 0 Å². The molecular formula is C22H23N5. The van der Waals surface area contributed by atoms with E-state index in [1.54, 1.807) is 12.7 Å². The molecule has 3 heterocycles. The fourth-order valence-electron chi connectivity index (χ4n) is 4.43. The van der Waals surface area contributed by atoms with E-state index in [-0.39, 0.29) is 5.54 Å². The van der Waals surface area contributed by atoms with Crippen LogP contribution in [0.5, 0.6) is 0 Å². The number of benzene rings is 2. The number of hydrogen-bond donors (Lipinski definition) is 1. The SMILES string of the molecule is C[C@@]1(c2c[nH]c3ccc(-n4cnnc4)cc23)CCCN1Cc1ccccc1. The molecule has 5 rings (SSSR count). The summed E-state index contributed by atoms with van der Waals surface area (Å²) in [4.78, 5) is 6.10. The molecule has 1 fully saturated rings. The standard InChI is InChI=1S/C22H23N5/c1-22(10-5-11-27(22)14-17-6-3-2-4-7-17)20-13-23-21-9-8-18(12-19(20)21)26-15-24-25-16-26/h2-4,6-9,12-13,15-16,23H,5,10-11,14H2,1H3/t22-/m0/s1. The van der Waals surface area contributed by atoms with Gasteiger partial charge in [-0.15, -0.1) is 10.2 Å². The van der Waals surface area contributed by atoms with Gasteiger partial charge in [-0.05, 0) is 55.6 Å². The van der Waals surface area contributed by atoms with Crippen molar-refractivity contribution >= 4 is 10.9 Å². The van der Waals surface area contributed by atoms with Gasteiger partial charge in [0.15, 0.2) is 0 Å². The Kier molecular flexibility index (Phi) is 3.83. The summed E-state index contributed by atoms with van der Waals surface area (Å²) in [6.07, 6.45) is 8.08. The molecule has 1 aliphatic rings. The van der Waals surface area contributed by atoms with Gasteiger partial charge in [-0.25, -0.2) is 0 Å². The number of rotatable bonds is 4. The summed E-state index contributed by atoms with van der Waals surface area (Å²) in [6.45, 7) is 4.50. The number of H-pyrrole nitrogens is 1. The Morgan fingerprint density at radius 2 is 1.89 bits per heavy atom. The number of fused-ring (bicyclic) bond motifs is 1. The van der Waals surface area contributed by atoms with Crippen molar-refractivity contribution in [3.8, 4) is 5.69 Å². The molecule has 0 radical (unpaired) electrons. The van der Waals surface area contributed by atoms with Crippen LogP contribution in [0.3, 0.4) is 0 Å². The third-order valence-corrected chi connectivity index (χ3v) is 5.97. The second-order valence-electron chi connectivity index (χ2n) is 7.59. The normalized spacial score (nSPS) is 20.5. The van der Waals surface area contributed by atoms with Gasteiger partial charge in [0.2, 0.25) is 0 Å². The molecule has 5 nitrogen and oxygen atoms in total. The van der Waals surface area contributed by atoms with E-state index in [0.717, 1.165) is 18.8 Å². The van der Waals surface area contributed by atoms with Gasteiger partial charge in [-0.3, -0.25) is 9.47 Å². The minimum atomic E-state index is 0.0277. The maximum atomic E-state index is 3.94. The molecule has 1 aliphatic heterocycles. The molecule has 0 unspecified atom stereocenters. The highest BCUT2D eigenvalue weighted by molar-refractivity contribution is 5.86. The van der Waals surface area contributed by atoms with Crippen LogP contribution in [0.15, 0.2) is 67.4 Å². The number of nitrogens with one attached hydrogen (secondary N) is 1. The van der Waals surface area contributed by atoms with Crippen molar-refractivity contribution in [1.82, 2.24) is 24.6 Å². The predicted molar refractivity (Wildman–Crippen MR) is 107 cm³/mol. The Balaban J connectivity index is 1.56. The van der Waals surface area contributed by atoms with Crippen molar-refractivity contribution in [3.05, 3.63) is 78.5 Å². The number of hydrogen-bond acceptors (Lipinski definition) is 3. The molecule has 1 N–H and O–H groups in total. The van der Waals surface area contributed by atoms with Crippen LogP contribution < -0.4 is 0 Å². The predicted octanol–water partition coefficient (Wildman–Crippen LogP) is 4.26. The molecule has 0 amide bonds. The number of aromatic amines is 1.